The Balaban J connectivity index is 2.89. The molecule has 19 heavy (non-hydrogen) atoms. The summed E-state index contributed by atoms with van der Waals surface area (Å²) < 4.78 is 0. The maximum absolute atomic E-state index is 12.1. The highest BCUT2D eigenvalue weighted by Crippen LogP contribution is 2.41. The van der Waals surface area contributed by atoms with Crippen LogP contribution in [0.15, 0.2) is 24.3 Å². The number of nitrogens with zero attached hydrogens (tertiary/aromatic N) is 1. The van der Waals surface area contributed by atoms with Crippen molar-refractivity contribution in [2.24, 2.45) is 23.7 Å². The lowest BCUT2D eigenvalue weighted by atomic mass is 9.67. The van der Waals surface area contributed by atoms with E-state index in [0.717, 1.165) is 6.42 Å². The predicted molar refractivity (Wildman–Crippen MR) is 78.3 cm³/mol. The van der Waals surface area contributed by atoms with Crippen molar-refractivity contribution in [1.82, 2.24) is 5.06 Å². The van der Waals surface area contributed by atoms with Crippen LogP contribution in [0, 0.1) is 23.7 Å². The van der Waals surface area contributed by atoms with Crippen LogP contribution in [0.2, 0.25) is 0 Å². The highest BCUT2D eigenvalue weighted by Gasteiger charge is 2.34. The minimum atomic E-state index is 0.0245. The molecule has 0 saturated heterocycles. The molecule has 1 aliphatic rings. The maximum atomic E-state index is 12.1. The van der Waals surface area contributed by atoms with E-state index in [2.05, 4.69) is 33.4 Å². The molecule has 0 fully saturated rings. The Morgan fingerprint density at radius 2 is 2.26 bits per heavy atom. The highest BCUT2D eigenvalue weighted by atomic mass is 16.7. The van der Waals surface area contributed by atoms with E-state index < -0.39 is 0 Å². The first-order chi connectivity index (χ1) is 8.92. The van der Waals surface area contributed by atoms with E-state index in [1.54, 1.807) is 7.05 Å². The van der Waals surface area contributed by atoms with Gasteiger partial charge in [-0.1, -0.05) is 31.6 Å². The number of allylic oxidation sites excluding steroid dienone is 3. The molecule has 0 heterocycles. The van der Waals surface area contributed by atoms with Gasteiger partial charge in [-0.3, -0.25) is 9.63 Å². The molecule has 0 radical (unpaired) electrons. The summed E-state index contributed by atoms with van der Waals surface area (Å²) in [5.41, 5.74) is 1.31. The molecule has 0 aromatic heterocycles. The lowest BCUT2D eigenvalue weighted by molar-refractivity contribution is -0.169. The number of rotatable bonds is 5. The van der Waals surface area contributed by atoms with Gasteiger partial charge >= 0.3 is 0 Å². The van der Waals surface area contributed by atoms with Crippen LogP contribution in [0.1, 0.15) is 33.6 Å². The minimum absolute atomic E-state index is 0.0245. The molecule has 1 rings (SSSR count). The second kappa shape index (κ2) is 6.90. The molecular formula is C16H27NO2. The molecule has 0 N–H and O–H groups in total. The monoisotopic (exact) mass is 265 g/mol. The van der Waals surface area contributed by atoms with E-state index in [9.17, 15) is 4.79 Å². The van der Waals surface area contributed by atoms with Crippen molar-refractivity contribution in [2.75, 3.05) is 14.2 Å². The molecule has 0 bridgehead atoms. The van der Waals surface area contributed by atoms with Crippen LogP contribution in [0.4, 0.5) is 0 Å². The number of carbonyl (C=O) groups is 1. The third-order valence-electron chi connectivity index (χ3n) is 4.40. The Hall–Kier alpha value is -1.09. The maximum Gasteiger partial charge on any atom is 0.246 e. The smallest absolute Gasteiger partial charge is 0.246 e. The van der Waals surface area contributed by atoms with Gasteiger partial charge in [-0.2, -0.15) is 0 Å². The molecule has 3 nitrogen and oxygen atoms in total. The van der Waals surface area contributed by atoms with Gasteiger partial charge in [0.15, 0.2) is 0 Å². The van der Waals surface area contributed by atoms with Gasteiger partial charge in [0.2, 0.25) is 5.91 Å². The third kappa shape index (κ3) is 3.69. The first-order valence-electron chi connectivity index (χ1n) is 7.02. The Labute approximate surface area is 117 Å². The number of hydroxylamine groups is 2. The van der Waals surface area contributed by atoms with E-state index in [4.69, 9.17) is 4.84 Å². The van der Waals surface area contributed by atoms with Gasteiger partial charge in [0.25, 0.3) is 0 Å². The second-order valence-electron chi connectivity index (χ2n) is 5.79. The topological polar surface area (TPSA) is 29.5 Å². The number of hydrogen-bond donors (Lipinski definition) is 0. The zero-order valence-electron chi connectivity index (χ0n) is 12.8. The number of hydrogen-bond acceptors (Lipinski definition) is 2. The standard InChI is InChI=1S/C16H27NO2/c1-7-13-14(11(2)3)9-8-12(4)15(13)10-16(18)17(5)19-6/h7-8,11,13-15H,1,9-10H2,2-6H3/t13-,14-,15+/m1/s1. The van der Waals surface area contributed by atoms with Crippen LogP contribution in [-0.4, -0.2) is 25.1 Å². The van der Waals surface area contributed by atoms with E-state index in [1.807, 2.05) is 6.08 Å². The molecule has 1 aliphatic carbocycles. The second-order valence-corrected chi connectivity index (χ2v) is 5.79. The zero-order valence-corrected chi connectivity index (χ0v) is 12.8. The fourth-order valence-corrected chi connectivity index (χ4v) is 3.00. The summed E-state index contributed by atoms with van der Waals surface area (Å²) in [7, 11) is 3.18. The van der Waals surface area contributed by atoms with Gasteiger partial charge in [0.05, 0.1) is 7.11 Å². The summed E-state index contributed by atoms with van der Waals surface area (Å²) in [6.45, 7) is 10.6. The Kier molecular flexibility index (Phi) is 5.80. The molecule has 0 aromatic rings. The van der Waals surface area contributed by atoms with E-state index in [-0.39, 0.29) is 11.8 Å². The lowest BCUT2D eigenvalue weighted by Gasteiger charge is -2.38. The molecule has 0 aliphatic heterocycles. The van der Waals surface area contributed by atoms with Crippen molar-refractivity contribution >= 4 is 5.91 Å². The third-order valence-corrected chi connectivity index (χ3v) is 4.40. The van der Waals surface area contributed by atoms with Crippen molar-refractivity contribution in [3.63, 3.8) is 0 Å². The van der Waals surface area contributed by atoms with E-state index in [0.29, 0.717) is 24.2 Å². The molecule has 0 spiro atoms. The number of carbonyl (C=O) groups excluding carboxylic acids is 1. The van der Waals surface area contributed by atoms with Crippen LogP contribution in [0.3, 0.4) is 0 Å². The average Bonchev–Trinajstić information content (AvgIpc) is 2.39. The van der Waals surface area contributed by atoms with Crippen LogP contribution in [-0.2, 0) is 9.63 Å². The summed E-state index contributed by atoms with van der Waals surface area (Å²) in [6.07, 6.45) is 5.90. The van der Waals surface area contributed by atoms with Gasteiger partial charge in [0.1, 0.15) is 0 Å². The summed E-state index contributed by atoms with van der Waals surface area (Å²) in [5.74, 6) is 1.83. The zero-order chi connectivity index (χ0) is 14.6. The van der Waals surface area contributed by atoms with Gasteiger partial charge in [-0.25, -0.2) is 5.06 Å². The van der Waals surface area contributed by atoms with Gasteiger partial charge in [-0.15, -0.1) is 6.58 Å². The van der Waals surface area contributed by atoms with Gasteiger partial charge in [-0.05, 0) is 37.0 Å². The van der Waals surface area contributed by atoms with Gasteiger partial charge in [0, 0.05) is 13.5 Å². The summed E-state index contributed by atoms with van der Waals surface area (Å²) in [4.78, 5) is 17.0. The Morgan fingerprint density at radius 3 is 2.74 bits per heavy atom. The Bertz CT molecular complexity index is 360. The fraction of sp³-hybridized carbons (Fsp3) is 0.688. The van der Waals surface area contributed by atoms with Crippen LogP contribution in [0.25, 0.3) is 0 Å². The Morgan fingerprint density at radius 1 is 1.63 bits per heavy atom. The first kappa shape index (κ1) is 16.0. The normalized spacial score (nSPS) is 27.1. The molecule has 0 unspecified atom stereocenters. The molecule has 0 aromatic carbocycles. The lowest BCUT2D eigenvalue weighted by Crippen LogP contribution is -2.34. The minimum Gasteiger partial charge on any atom is -0.275 e. The SMILES string of the molecule is C=C[C@@H]1[C@@H](C(C)C)CC=C(C)[C@@H]1CC(=O)N(C)OC. The molecule has 0 saturated carbocycles. The first-order valence-corrected chi connectivity index (χ1v) is 7.02. The fourth-order valence-electron chi connectivity index (χ4n) is 3.00. The average molecular weight is 265 g/mol. The van der Waals surface area contributed by atoms with Crippen LogP contribution in [0.5, 0.6) is 0 Å². The summed E-state index contributed by atoms with van der Waals surface area (Å²) >= 11 is 0. The van der Waals surface area contributed by atoms with Crippen molar-refractivity contribution in [2.45, 2.75) is 33.6 Å². The quantitative estimate of drug-likeness (QED) is 0.563. The molecular weight excluding hydrogens is 238 g/mol. The molecule has 3 heteroatoms. The summed E-state index contributed by atoms with van der Waals surface area (Å²) in [5, 5.41) is 1.31. The van der Waals surface area contributed by atoms with Gasteiger partial charge < -0.3 is 0 Å². The van der Waals surface area contributed by atoms with Crippen molar-refractivity contribution < 1.29 is 9.63 Å². The molecule has 1 amide bonds. The van der Waals surface area contributed by atoms with E-state index in [1.165, 1.54) is 17.7 Å². The largest absolute Gasteiger partial charge is 0.275 e. The summed E-state index contributed by atoms with van der Waals surface area (Å²) in [6, 6.07) is 0. The number of amides is 1. The highest BCUT2D eigenvalue weighted by molar-refractivity contribution is 5.75. The molecule has 3 atom stereocenters. The van der Waals surface area contributed by atoms with E-state index >= 15 is 0 Å². The van der Waals surface area contributed by atoms with Crippen molar-refractivity contribution in [1.29, 1.82) is 0 Å². The molecule has 108 valence electrons. The van der Waals surface area contributed by atoms with Crippen molar-refractivity contribution in [3.05, 3.63) is 24.3 Å². The van der Waals surface area contributed by atoms with Crippen LogP contribution >= 0.6 is 0 Å². The predicted octanol–water partition coefficient (Wildman–Crippen LogP) is 3.44. The van der Waals surface area contributed by atoms with Crippen LogP contribution < -0.4 is 0 Å². The van der Waals surface area contributed by atoms with Crippen molar-refractivity contribution in [3.8, 4) is 0 Å².